The molecule has 0 spiro atoms. The summed E-state index contributed by atoms with van der Waals surface area (Å²) in [7, 11) is -3.08. The van der Waals surface area contributed by atoms with Crippen LogP contribution in [0.4, 0.5) is 4.79 Å². The van der Waals surface area contributed by atoms with E-state index in [9.17, 15) is 28.8 Å². The number of carbonyl (C=O) groups excluding carboxylic acids is 3. The van der Waals surface area contributed by atoms with Gasteiger partial charge in [0.05, 0.1) is 20.1 Å². The number of aliphatic carboxylic acids is 1. The molecule has 35 heavy (non-hydrogen) atoms. The van der Waals surface area contributed by atoms with E-state index in [1.165, 1.54) is 7.11 Å². The average Bonchev–Trinajstić information content (AvgIpc) is 2.81. The molecule has 1 aliphatic rings. The molecular formula is C21H29N2O11P. The first-order valence-electron chi connectivity index (χ1n) is 10.6. The number of alkyl carbamates (subject to hydrolysis) is 1. The van der Waals surface area contributed by atoms with Crippen molar-refractivity contribution in [2.24, 2.45) is 5.41 Å². The Morgan fingerprint density at radius 3 is 2.54 bits per heavy atom. The molecule has 2 amide bonds. The second-order valence-electron chi connectivity index (χ2n) is 8.22. The lowest BCUT2D eigenvalue weighted by Gasteiger charge is -2.39. The highest BCUT2D eigenvalue weighted by Crippen LogP contribution is 2.57. The lowest BCUT2D eigenvalue weighted by Crippen LogP contribution is -2.50. The Morgan fingerprint density at radius 2 is 1.91 bits per heavy atom. The van der Waals surface area contributed by atoms with Crippen molar-refractivity contribution in [1.29, 1.82) is 0 Å². The Hall–Kier alpha value is -2.99. The number of carboxylic acids is 1. The van der Waals surface area contributed by atoms with Crippen LogP contribution < -0.4 is 10.6 Å². The number of nitrogens with one attached hydrogen (secondary N) is 2. The first-order valence-corrected chi connectivity index (χ1v) is 12.0. The summed E-state index contributed by atoms with van der Waals surface area (Å²) >= 11 is 0. The molecule has 2 unspecified atom stereocenters. The second-order valence-corrected chi connectivity index (χ2v) is 9.84. The fraction of sp³-hybridized carbons (Fsp3) is 0.524. The number of hydrogen-bond acceptors (Lipinski definition) is 10. The summed E-state index contributed by atoms with van der Waals surface area (Å²) in [5, 5.41) is 14.0. The van der Waals surface area contributed by atoms with Gasteiger partial charge >= 0.3 is 25.9 Å². The van der Waals surface area contributed by atoms with Crippen LogP contribution in [0.1, 0.15) is 25.8 Å². The summed E-state index contributed by atoms with van der Waals surface area (Å²) in [6.07, 6.45) is -2.44. The van der Waals surface area contributed by atoms with Gasteiger partial charge in [-0.05, 0) is 5.56 Å². The summed E-state index contributed by atoms with van der Waals surface area (Å²) in [6, 6.07) is 7.37. The van der Waals surface area contributed by atoms with Gasteiger partial charge in [-0.25, -0.2) is 18.7 Å². The highest BCUT2D eigenvalue weighted by Gasteiger charge is 2.49. The Kier molecular flexibility index (Phi) is 10.2. The van der Waals surface area contributed by atoms with Gasteiger partial charge in [0.1, 0.15) is 6.04 Å². The normalized spacial score (nSPS) is 21.9. The molecular weight excluding hydrogens is 487 g/mol. The van der Waals surface area contributed by atoms with Gasteiger partial charge < -0.3 is 25.2 Å². The van der Waals surface area contributed by atoms with Crippen molar-refractivity contribution in [3.05, 3.63) is 35.9 Å². The Morgan fingerprint density at radius 1 is 1.23 bits per heavy atom. The van der Waals surface area contributed by atoms with E-state index >= 15 is 0 Å². The summed E-state index contributed by atoms with van der Waals surface area (Å²) in [5.74, 6) is -2.44. The number of esters is 1. The molecule has 13 nitrogen and oxygen atoms in total. The molecule has 1 saturated heterocycles. The molecule has 0 aromatic heterocycles. The largest absolute Gasteiger partial charge is 0.480 e. The Labute approximate surface area is 202 Å². The van der Waals surface area contributed by atoms with Gasteiger partial charge in [-0.3, -0.25) is 18.6 Å². The molecule has 0 radical (unpaired) electrons. The van der Waals surface area contributed by atoms with Crippen LogP contribution >= 0.6 is 7.82 Å². The number of rotatable bonds is 11. The smallest absolute Gasteiger partial charge is 0.478 e. The monoisotopic (exact) mass is 516 g/mol. The molecule has 0 saturated carbocycles. The number of benzene rings is 1. The predicted octanol–water partition coefficient (Wildman–Crippen LogP) is 1.61. The highest BCUT2D eigenvalue weighted by molar-refractivity contribution is 7.48. The molecule has 0 aliphatic carbocycles. The van der Waals surface area contributed by atoms with Gasteiger partial charge in [0.15, 0.2) is 6.10 Å². The first-order chi connectivity index (χ1) is 16.5. The van der Waals surface area contributed by atoms with E-state index in [-0.39, 0.29) is 26.0 Å². The lowest BCUT2D eigenvalue weighted by atomic mass is 9.87. The number of phosphoric ester groups is 1. The average molecular weight is 516 g/mol. The second kappa shape index (κ2) is 12.6. The molecule has 1 aromatic rings. The maximum Gasteiger partial charge on any atom is 0.478 e. The van der Waals surface area contributed by atoms with E-state index in [2.05, 4.69) is 15.4 Å². The van der Waals surface area contributed by atoms with Crippen molar-refractivity contribution < 1.29 is 51.9 Å². The third kappa shape index (κ3) is 8.95. The highest BCUT2D eigenvalue weighted by atomic mass is 31.2. The molecule has 1 heterocycles. The van der Waals surface area contributed by atoms with E-state index < -0.39 is 56.1 Å². The van der Waals surface area contributed by atoms with Crippen LogP contribution in [0.25, 0.3) is 0 Å². The Bertz CT molecular complexity index is 954. The molecule has 3 atom stereocenters. The van der Waals surface area contributed by atoms with E-state index in [0.29, 0.717) is 5.56 Å². The van der Waals surface area contributed by atoms with Crippen molar-refractivity contribution >= 4 is 31.8 Å². The summed E-state index contributed by atoms with van der Waals surface area (Å²) in [4.78, 5) is 47.2. The lowest BCUT2D eigenvalue weighted by molar-refractivity contribution is -0.144. The molecule has 2 rings (SSSR count). The van der Waals surface area contributed by atoms with Gasteiger partial charge in [-0.15, -0.1) is 0 Å². The number of carbonyl (C=O) groups is 4. The fourth-order valence-electron chi connectivity index (χ4n) is 2.95. The van der Waals surface area contributed by atoms with Crippen LogP contribution in [-0.4, -0.2) is 68.2 Å². The minimum absolute atomic E-state index is 0.0126. The zero-order chi connectivity index (χ0) is 26.1. The van der Waals surface area contributed by atoms with E-state index in [1.807, 2.05) is 0 Å². The van der Waals surface area contributed by atoms with Crippen LogP contribution in [0.3, 0.4) is 0 Å². The van der Waals surface area contributed by atoms with Crippen molar-refractivity contribution in [3.63, 3.8) is 0 Å². The molecule has 14 heteroatoms. The molecule has 3 N–H and O–H groups in total. The number of phosphoric acid groups is 1. The SMILES string of the molecule is COC(=O)CCNC(=O)[C@@H]1OP(=O)(OCOC(=O)NC(Cc2ccccc2)C(=O)O)OCC1(C)C. The number of hydrogen-bond donors (Lipinski definition) is 3. The Balaban J connectivity index is 1.87. The quantitative estimate of drug-likeness (QED) is 0.221. The minimum Gasteiger partial charge on any atom is -0.480 e. The maximum absolute atomic E-state index is 12.8. The van der Waals surface area contributed by atoms with Crippen molar-refractivity contribution in [3.8, 4) is 0 Å². The third-order valence-electron chi connectivity index (χ3n) is 4.91. The molecule has 1 aromatic carbocycles. The number of carboxylic acid groups (broad SMARTS) is 1. The van der Waals surface area contributed by atoms with Crippen LogP contribution in [0, 0.1) is 5.41 Å². The molecule has 0 bridgehead atoms. The molecule has 194 valence electrons. The van der Waals surface area contributed by atoms with Gasteiger partial charge in [0, 0.05) is 18.4 Å². The van der Waals surface area contributed by atoms with Gasteiger partial charge in [0.25, 0.3) is 0 Å². The van der Waals surface area contributed by atoms with Crippen LogP contribution in [0.15, 0.2) is 30.3 Å². The van der Waals surface area contributed by atoms with Crippen LogP contribution in [0.2, 0.25) is 0 Å². The van der Waals surface area contributed by atoms with Crippen molar-refractivity contribution in [2.45, 2.75) is 38.8 Å². The number of ether oxygens (including phenoxy) is 2. The minimum atomic E-state index is -4.30. The summed E-state index contributed by atoms with van der Waals surface area (Å²) in [6.45, 7) is 2.19. The third-order valence-corrected chi connectivity index (χ3v) is 6.24. The topological polar surface area (TPSA) is 176 Å². The summed E-state index contributed by atoms with van der Waals surface area (Å²) < 4.78 is 37.5. The van der Waals surface area contributed by atoms with Gasteiger partial charge in [0.2, 0.25) is 12.7 Å². The molecule has 1 aliphatic heterocycles. The number of amides is 2. The maximum atomic E-state index is 12.8. The van der Waals surface area contributed by atoms with Gasteiger partial charge in [-0.1, -0.05) is 44.2 Å². The van der Waals surface area contributed by atoms with E-state index in [1.54, 1.807) is 44.2 Å². The van der Waals surface area contributed by atoms with Gasteiger partial charge in [-0.2, -0.15) is 0 Å². The fourth-order valence-corrected chi connectivity index (χ4v) is 4.46. The molecule has 1 fully saturated rings. The van der Waals surface area contributed by atoms with E-state index in [4.69, 9.17) is 18.3 Å². The zero-order valence-corrected chi connectivity index (χ0v) is 20.4. The predicted molar refractivity (Wildman–Crippen MR) is 119 cm³/mol. The van der Waals surface area contributed by atoms with Crippen LogP contribution in [-0.2, 0) is 48.4 Å². The standard InChI is InChI=1S/C21H29N2O11P/c1-21(2)12-32-35(29,34-17(21)18(25)22-10-9-16(24)30-3)33-13-31-20(28)23-15(19(26)27)11-14-7-5-4-6-8-14/h4-8,15,17H,9-13H2,1-3H3,(H,22,25)(H,23,28)(H,26,27)/t15?,17-,35?/m0/s1. The van der Waals surface area contributed by atoms with E-state index in [0.717, 1.165) is 0 Å². The van der Waals surface area contributed by atoms with Crippen LogP contribution in [0.5, 0.6) is 0 Å². The van der Waals surface area contributed by atoms with Crippen molar-refractivity contribution in [1.82, 2.24) is 10.6 Å². The van der Waals surface area contributed by atoms with Crippen molar-refractivity contribution in [2.75, 3.05) is 27.1 Å². The number of methoxy groups -OCH3 is 1. The summed E-state index contributed by atoms with van der Waals surface area (Å²) in [5.41, 5.74) is -0.208. The zero-order valence-electron chi connectivity index (χ0n) is 19.6. The first kappa shape index (κ1) is 28.2.